The summed E-state index contributed by atoms with van der Waals surface area (Å²) in [6.07, 6.45) is 9.93. The summed E-state index contributed by atoms with van der Waals surface area (Å²) >= 11 is 0. The van der Waals surface area contributed by atoms with Gasteiger partial charge in [0, 0.05) is 32.7 Å². The second-order valence-electron chi connectivity index (χ2n) is 8.05. The van der Waals surface area contributed by atoms with Crippen molar-refractivity contribution in [3.8, 4) is 5.75 Å². The number of phenolic OH excluding ortho intramolecular Hbond substituents is 1. The number of aromatic hydroxyl groups is 1. The van der Waals surface area contributed by atoms with Crippen molar-refractivity contribution in [3.05, 3.63) is 28.8 Å². The van der Waals surface area contributed by atoms with Crippen LogP contribution < -0.4 is 0 Å². The Hall–Kier alpha value is 0.0539. The quantitative estimate of drug-likeness (QED) is 0.646. The second kappa shape index (κ2) is 9.13. The number of phenols is 1. The van der Waals surface area contributed by atoms with Crippen LogP contribution in [0.1, 0.15) is 74.0 Å². The molecule has 2 saturated carbocycles. The summed E-state index contributed by atoms with van der Waals surface area (Å²) in [5.74, 6) is 3.18. The van der Waals surface area contributed by atoms with Gasteiger partial charge in [-0.05, 0) is 106 Å². The Balaban J connectivity index is 0.00000208. The number of halogens is 1. The topological polar surface area (TPSA) is 20.2 Å². The van der Waals surface area contributed by atoms with Gasteiger partial charge in [0.2, 0.25) is 0 Å². The molecule has 0 bridgehead atoms. The zero-order valence-electron chi connectivity index (χ0n) is 15.2. The first-order valence-corrected chi connectivity index (χ1v) is 9.44. The normalized spacial score (nSPS) is 30.6. The summed E-state index contributed by atoms with van der Waals surface area (Å²) in [7, 11) is 0. The summed E-state index contributed by atoms with van der Waals surface area (Å²) in [6.45, 7) is 3.89. The minimum atomic E-state index is -0.112. The predicted octanol–water partition coefficient (Wildman–Crippen LogP) is 6.06. The molecule has 1 radical (unpaired) electrons. The van der Waals surface area contributed by atoms with Crippen LogP contribution in [0.4, 0.5) is 4.39 Å². The first-order chi connectivity index (χ1) is 11.1. The molecule has 131 valence electrons. The van der Waals surface area contributed by atoms with Crippen LogP contribution in [0.2, 0.25) is 0 Å². The zero-order chi connectivity index (χ0) is 16.4. The van der Waals surface area contributed by atoms with Gasteiger partial charge in [-0.1, -0.05) is 12.1 Å². The van der Waals surface area contributed by atoms with E-state index in [9.17, 15) is 9.50 Å². The van der Waals surface area contributed by atoms with Crippen LogP contribution in [0.25, 0.3) is 0 Å². The number of hydrogen-bond donors (Lipinski definition) is 1. The van der Waals surface area contributed by atoms with E-state index in [0.29, 0.717) is 17.6 Å². The van der Waals surface area contributed by atoms with Crippen molar-refractivity contribution in [2.45, 2.75) is 71.1 Å². The fourth-order valence-electron chi connectivity index (χ4n) is 4.96. The third-order valence-corrected chi connectivity index (χ3v) is 6.53. The molecule has 3 heteroatoms. The van der Waals surface area contributed by atoms with E-state index >= 15 is 0 Å². The molecule has 0 unspecified atom stereocenters. The van der Waals surface area contributed by atoms with Crippen molar-refractivity contribution in [2.24, 2.45) is 17.8 Å². The molecule has 0 atom stereocenters. The van der Waals surface area contributed by atoms with Crippen molar-refractivity contribution < 1.29 is 42.2 Å². The Bertz CT molecular complexity index is 506. The smallest absolute Gasteiger partial charge is 0.121 e. The molecule has 0 saturated heterocycles. The fraction of sp³-hybridized carbons (Fsp3) is 0.714. The number of hydrogen-bond acceptors (Lipinski definition) is 1. The van der Waals surface area contributed by atoms with Crippen molar-refractivity contribution in [1.82, 2.24) is 0 Å². The van der Waals surface area contributed by atoms with E-state index in [-0.39, 0.29) is 39.4 Å². The summed E-state index contributed by atoms with van der Waals surface area (Å²) in [6, 6.07) is 4.36. The van der Waals surface area contributed by atoms with Crippen LogP contribution in [-0.2, 0) is 32.7 Å². The van der Waals surface area contributed by atoms with Gasteiger partial charge in [-0.25, -0.2) is 0 Å². The standard InChI is InChI=1S/C21H31FO.Y/c1-14-11-20(12-15(2)21(14)23)19-9-7-18(8-10-19)17-5-3-16(13-22)4-6-17;/h11-12,16-19,23H,3-10,13H2,1-2H3;. The second-order valence-corrected chi connectivity index (χ2v) is 8.05. The average molecular weight is 407 g/mol. The van der Waals surface area contributed by atoms with E-state index < -0.39 is 0 Å². The molecule has 0 heterocycles. The Morgan fingerprint density at radius 1 is 0.875 bits per heavy atom. The molecule has 1 N–H and O–H groups in total. The Morgan fingerprint density at radius 2 is 1.33 bits per heavy atom. The van der Waals surface area contributed by atoms with E-state index in [2.05, 4.69) is 12.1 Å². The van der Waals surface area contributed by atoms with Crippen molar-refractivity contribution in [1.29, 1.82) is 0 Å². The molecule has 1 nitrogen and oxygen atoms in total. The van der Waals surface area contributed by atoms with Crippen molar-refractivity contribution >= 4 is 0 Å². The van der Waals surface area contributed by atoms with Crippen molar-refractivity contribution in [3.63, 3.8) is 0 Å². The molecule has 0 aromatic heterocycles. The van der Waals surface area contributed by atoms with Gasteiger partial charge in [-0.15, -0.1) is 0 Å². The number of alkyl halides is 1. The van der Waals surface area contributed by atoms with Gasteiger partial charge in [0.1, 0.15) is 5.75 Å². The maximum atomic E-state index is 12.8. The van der Waals surface area contributed by atoms with Crippen LogP contribution in [0.15, 0.2) is 12.1 Å². The van der Waals surface area contributed by atoms with Crippen LogP contribution in [0.5, 0.6) is 5.75 Å². The summed E-state index contributed by atoms with van der Waals surface area (Å²) < 4.78 is 12.8. The van der Waals surface area contributed by atoms with Crippen LogP contribution in [0.3, 0.4) is 0 Å². The summed E-state index contributed by atoms with van der Waals surface area (Å²) in [4.78, 5) is 0. The van der Waals surface area contributed by atoms with E-state index in [0.717, 1.165) is 35.8 Å². The fourth-order valence-corrected chi connectivity index (χ4v) is 4.96. The molecular formula is C21H31FOY. The molecule has 0 spiro atoms. The summed E-state index contributed by atoms with van der Waals surface area (Å²) in [5.41, 5.74) is 3.43. The molecule has 2 fully saturated rings. The first-order valence-electron chi connectivity index (χ1n) is 9.44. The Kier molecular flexibility index (Phi) is 7.74. The molecular weight excluding hydrogens is 376 g/mol. The third-order valence-electron chi connectivity index (χ3n) is 6.53. The third kappa shape index (κ3) is 4.61. The van der Waals surface area contributed by atoms with Gasteiger partial charge in [-0.2, -0.15) is 0 Å². The van der Waals surface area contributed by atoms with Gasteiger partial charge in [-0.3, -0.25) is 4.39 Å². The largest absolute Gasteiger partial charge is 0.507 e. The first kappa shape index (κ1) is 20.4. The predicted molar refractivity (Wildman–Crippen MR) is 93.7 cm³/mol. The molecule has 24 heavy (non-hydrogen) atoms. The van der Waals surface area contributed by atoms with Gasteiger partial charge in [0.15, 0.2) is 0 Å². The SMILES string of the molecule is Cc1cc(C2CCC(C3CCC(CF)CC3)CC2)cc(C)c1O.[Y]. The number of benzene rings is 1. The van der Waals surface area contributed by atoms with E-state index in [1.165, 1.54) is 44.1 Å². The van der Waals surface area contributed by atoms with E-state index in [4.69, 9.17) is 0 Å². The van der Waals surface area contributed by atoms with Crippen molar-refractivity contribution in [2.75, 3.05) is 6.67 Å². The zero-order valence-corrected chi connectivity index (χ0v) is 18.1. The van der Waals surface area contributed by atoms with Gasteiger partial charge in [0.25, 0.3) is 0 Å². The molecule has 3 rings (SSSR count). The molecule has 2 aliphatic rings. The average Bonchev–Trinajstić information content (AvgIpc) is 2.59. The molecule has 1 aromatic rings. The maximum absolute atomic E-state index is 12.8. The molecule has 0 aliphatic heterocycles. The number of rotatable bonds is 3. The maximum Gasteiger partial charge on any atom is 0.121 e. The Morgan fingerprint density at radius 3 is 1.79 bits per heavy atom. The van der Waals surface area contributed by atoms with Crippen LogP contribution >= 0.6 is 0 Å². The minimum Gasteiger partial charge on any atom is -0.507 e. The monoisotopic (exact) mass is 407 g/mol. The Labute approximate surface area is 171 Å². The van der Waals surface area contributed by atoms with Crippen LogP contribution in [0, 0.1) is 31.6 Å². The van der Waals surface area contributed by atoms with Gasteiger partial charge < -0.3 is 5.11 Å². The molecule has 0 amide bonds. The van der Waals surface area contributed by atoms with E-state index in [1.54, 1.807) is 0 Å². The number of aryl methyl sites for hydroxylation is 2. The minimum absolute atomic E-state index is 0. The van der Waals surface area contributed by atoms with E-state index in [1.807, 2.05) is 13.8 Å². The summed E-state index contributed by atoms with van der Waals surface area (Å²) in [5, 5.41) is 9.96. The molecule has 2 aliphatic carbocycles. The van der Waals surface area contributed by atoms with Gasteiger partial charge in [0.05, 0.1) is 6.67 Å². The van der Waals surface area contributed by atoms with Gasteiger partial charge >= 0.3 is 0 Å². The molecule has 1 aromatic carbocycles. The van der Waals surface area contributed by atoms with Crippen LogP contribution in [-0.4, -0.2) is 11.8 Å².